The molecule has 1 heterocycles. The van der Waals surface area contributed by atoms with Crippen molar-refractivity contribution < 1.29 is 23.5 Å². The molecule has 3 aromatic rings. The number of carbonyl (C=O) groups excluding carboxylic acids is 2. The average molecular weight is 437 g/mol. The third-order valence-corrected chi connectivity index (χ3v) is 4.72. The zero-order chi connectivity index (χ0) is 23.3. The maximum atomic E-state index is 12.2. The van der Waals surface area contributed by atoms with Crippen LogP contribution >= 0.6 is 0 Å². The Morgan fingerprint density at radius 3 is 2.56 bits per heavy atom. The molecule has 0 aliphatic rings. The van der Waals surface area contributed by atoms with Crippen molar-refractivity contribution in [1.29, 1.82) is 0 Å². The van der Waals surface area contributed by atoms with Crippen molar-refractivity contribution in [2.24, 2.45) is 0 Å². The topological polar surface area (TPSA) is 94.8 Å². The summed E-state index contributed by atoms with van der Waals surface area (Å²) in [6, 6.07) is 12.0. The minimum atomic E-state index is -0.748. The molecule has 0 aliphatic carbocycles. The van der Waals surface area contributed by atoms with Gasteiger partial charge in [-0.1, -0.05) is 17.7 Å². The van der Waals surface area contributed by atoms with Gasteiger partial charge < -0.3 is 19.2 Å². The quantitative estimate of drug-likeness (QED) is 0.244. The van der Waals surface area contributed by atoms with E-state index in [0.29, 0.717) is 18.4 Å². The first kappa shape index (κ1) is 23.1. The monoisotopic (exact) mass is 437 g/mol. The normalized spacial score (nSPS) is 10.9. The van der Waals surface area contributed by atoms with E-state index in [1.165, 1.54) is 17.7 Å². The molecular formula is C25H27NO6. The van der Waals surface area contributed by atoms with Gasteiger partial charge in [-0.15, -0.1) is 0 Å². The Morgan fingerprint density at radius 2 is 1.84 bits per heavy atom. The van der Waals surface area contributed by atoms with E-state index in [-0.39, 0.29) is 29.4 Å². The summed E-state index contributed by atoms with van der Waals surface area (Å²) in [7, 11) is 0. The third-order valence-electron chi connectivity index (χ3n) is 4.72. The van der Waals surface area contributed by atoms with Crippen LogP contribution in [-0.2, 0) is 4.79 Å². The van der Waals surface area contributed by atoms with E-state index in [0.717, 1.165) is 11.3 Å². The molecule has 1 N–H and O–H groups in total. The smallest absolute Gasteiger partial charge is 0.349 e. The molecule has 0 fully saturated rings. The van der Waals surface area contributed by atoms with Gasteiger partial charge >= 0.3 is 11.6 Å². The van der Waals surface area contributed by atoms with Crippen molar-refractivity contribution in [1.82, 2.24) is 5.32 Å². The van der Waals surface area contributed by atoms with E-state index in [4.69, 9.17) is 13.9 Å². The molecule has 0 saturated carbocycles. The van der Waals surface area contributed by atoms with Crippen LogP contribution in [0.4, 0.5) is 0 Å². The van der Waals surface area contributed by atoms with Crippen molar-refractivity contribution in [3.05, 3.63) is 69.6 Å². The van der Waals surface area contributed by atoms with Gasteiger partial charge in [0, 0.05) is 23.9 Å². The first-order valence-electron chi connectivity index (χ1n) is 10.5. The van der Waals surface area contributed by atoms with Gasteiger partial charge in [0.05, 0.1) is 6.61 Å². The SMILES string of the molecule is Cc1ccc(OCCCC(=O)Oc2ccc3cc(C(=O)NC(C)C)c(=O)oc3c2)c(C)c1. The number of benzene rings is 2. The Labute approximate surface area is 186 Å². The number of hydrogen-bond acceptors (Lipinski definition) is 6. The molecule has 0 unspecified atom stereocenters. The highest BCUT2D eigenvalue weighted by atomic mass is 16.5. The van der Waals surface area contributed by atoms with Crippen LogP contribution in [0, 0.1) is 13.8 Å². The number of aryl methyl sites for hydroxylation is 2. The molecule has 1 aromatic heterocycles. The fourth-order valence-electron chi connectivity index (χ4n) is 3.20. The lowest BCUT2D eigenvalue weighted by Crippen LogP contribution is -2.33. The van der Waals surface area contributed by atoms with E-state index >= 15 is 0 Å². The summed E-state index contributed by atoms with van der Waals surface area (Å²) in [6.07, 6.45) is 0.685. The lowest BCUT2D eigenvalue weighted by molar-refractivity contribution is -0.134. The van der Waals surface area contributed by atoms with Crippen LogP contribution in [-0.4, -0.2) is 24.5 Å². The van der Waals surface area contributed by atoms with Crippen LogP contribution < -0.4 is 20.4 Å². The zero-order valence-corrected chi connectivity index (χ0v) is 18.7. The van der Waals surface area contributed by atoms with Crippen molar-refractivity contribution >= 4 is 22.8 Å². The van der Waals surface area contributed by atoms with Crippen LogP contribution in [0.2, 0.25) is 0 Å². The van der Waals surface area contributed by atoms with E-state index in [2.05, 4.69) is 5.32 Å². The molecule has 0 radical (unpaired) electrons. The minimum absolute atomic E-state index is 0.0697. The number of ether oxygens (including phenoxy) is 2. The second kappa shape index (κ2) is 10.1. The zero-order valence-electron chi connectivity index (χ0n) is 18.7. The molecule has 0 bridgehead atoms. The van der Waals surface area contributed by atoms with Crippen molar-refractivity contribution in [2.45, 2.75) is 46.6 Å². The second-order valence-electron chi connectivity index (χ2n) is 7.97. The number of carbonyl (C=O) groups is 2. The van der Waals surface area contributed by atoms with Crippen molar-refractivity contribution in [3.8, 4) is 11.5 Å². The molecular weight excluding hydrogens is 410 g/mol. The van der Waals surface area contributed by atoms with Crippen molar-refractivity contribution in [3.63, 3.8) is 0 Å². The third kappa shape index (κ3) is 5.97. The highest BCUT2D eigenvalue weighted by Crippen LogP contribution is 2.22. The van der Waals surface area contributed by atoms with E-state index in [1.54, 1.807) is 26.0 Å². The number of hydrogen-bond donors (Lipinski definition) is 1. The van der Waals surface area contributed by atoms with Gasteiger partial charge in [-0.25, -0.2) is 4.79 Å². The standard InChI is InChI=1S/C25H27NO6/c1-15(2)26-24(28)20-13-18-8-9-19(14-22(18)32-25(20)29)31-23(27)6-5-11-30-21-10-7-16(3)12-17(21)4/h7-10,12-15H,5-6,11H2,1-4H3,(H,26,28). The number of esters is 1. The highest BCUT2D eigenvalue weighted by molar-refractivity contribution is 5.96. The van der Waals surface area contributed by atoms with Gasteiger partial charge in [0.25, 0.3) is 5.91 Å². The highest BCUT2D eigenvalue weighted by Gasteiger charge is 2.15. The van der Waals surface area contributed by atoms with Crippen LogP contribution in [0.5, 0.6) is 11.5 Å². The first-order valence-corrected chi connectivity index (χ1v) is 10.5. The Morgan fingerprint density at radius 1 is 1.06 bits per heavy atom. The van der Waals surface area contributed by atoms with Crippen LogP contribution in [0.1, 0.15) is 48.2 Å². The summed E-state index contributed by atoms with van der Waals surface area (Å²) in [4.78, 5) is 36.5. The summed E-state index contributed by atoms with van der Waals surface area (Å²) >= 11 is 0. The van der Waals surface area contributed by atoms with Crippen LogP contribution in [0.15, 0.2) is 51.7 Å². The summed E-state index contributed by atoms with van der Waals surface area (Å²) in [5.41, 5.74) is 1.64. The summed E-state index contributed by atoms with van der Waals surface area (Å²) in [6.45, 7) is 8.00. The van der Waals surface area contributed by atoms with Crippen LogP contribution in [0.25, 0.3) is 11.0 Å². The average Bonchev–Trinajstić information content (AvgIpc) is 2.71. The molecule has 0 aliphatic heterocycles. The Bertz CT molecular complexity index is 1190. The molecule has 1 amide bonds. The number of fused-ring (bicyclic) bond motifs is 1. The second-order valence-corrected chi connectivity index (χ2v) is 7.97. The fraction of sp³-hybridized carbons (Fsp3) is 0.320. The largest absolute Gasteiger partial charge is 0.493 e. The lowest BCUT2D eigenvalue weighted by atomic mass is 10.1. The molecule has 32 heavy (non-hydrogen) atoms. The predicted octanol–water partition coefficient (Wildman–Crippen LogP) is 4.31. The van der Waals surface area contributed by atoms with Gasteiger partial charge in [0.2, 0.25) is 0 Å². The molecule has 0 saturated heterocycles. The predicted molar refractivity (Wildman–Crippen MR) is 121 cm³/mol. The van der Waals surface area contributed by atoms with Crippen molar-refractivity contribution in [2.75, 3.05) is 6.61 Å². The molecule has 168 valence electrons. The van der Waals surface area contributed by atoms with Gasteiger partial charge in [-0.2, -0.15) is 0 Å². The number of rotatable bonds is 8. The van der Waals surface area contributed by atoms with Gasteiger partial charge in [0.15, 0.2) is 0 Å². The Kier molecular flexibility index (Phi) is 7.30. The number of nitrogens with one attached hydrogen (secondary N) is 1. The minimum Gasteiger partial charge on any atom is -0.493 e. The number of amides is 1. The lowest BCUT2D eigenvalue weighted by Gasteiger charge is -2.10. The molecule has 0 atom stereocenters. The summed E-state index contributed by atoms with van der Waals surface area (Å²) in [5.74, 6) is 0.161. The molecule has 0 spiro atoms. The fourth-order valence-corrected chi connectivity index (χ4v) is 3.20. The van der Waals surface area contributed by atoms with E-state index < -0.39 is 17.5 Å². The summed E-state index contributed by atoms with van der Waals surface area (Å²) in [5, 5.41) is 3.22. The van der Waals surface area contributed by atoms with Gasteiger partial charge in [-0.05, 0) is 63.9 Å². The maximum Gasteiger partial charge on any atom is 0.349 e. The van der Waals surface area contributed by atoms with E-state index in [1.807, 2.05) is 32.0 Å². The Hall–Kier alpha value is -3.61. The summed E-state index contributed by atoms with van der Waals surface area (Å²) < 4.78 is 16.3. The molecule has 2 aromatic carbocycles. The molecule has 7 nitrogen and oxygen atoms in total. The molecule has 3 rings (SSSR count). The van der Waals surface area contributed by atoms with Crippen LogP contribution in [0.3, 0.4) is 0 Å². The maximum absolute atomic E-state index is 12.2. The van der Waals surface area contributed by atoms with E-state index in [9.17, 15) is 14.4 Å². The first-order chi connectivity index (χ1) is 15.2. The van der Waals surface area contributed by atoms with Gasteiger partial charge in [-0.3, -0.25) is 9.59 Å². The Balaban J connectivity index is 1.57. The molecule has 7 heteroatoms. The van der Waals surface area contributed by atoms with Gasteiger partial charge in [0.1, 0.15) is 22.6 Å².